The zero-order chi connectivity index (χ0) is 18.3. The van der Waals surface area contributed by atoms with Crippen LogP contribution in [0.15, 0.2) is 59.6 Å². The van der Waals surface area contributed by atoms with Gasteiger partial charge in [0.15, 0.2) is 0 Å². The molecule has 0 bridgehead atoms. The van der Waals surface area contributed by atoms with Gasteiger partial charge in [0.2, 0.25) is 0 Å². The van der Waals surface area contributed by atoms with Crippen molar-refractivity contribution in [2.24, 2.45) is 4.99 Å². The summed E-state index contributed by atoms with van der Waals surface area (Å²) in [6, 6.07) is 18.1. The number of amides is 1. The molecular weight excluding hydrogens is 312 g/mol. The number of benzene rings is 2. The highest BCUT2D eigenvalue weighted by Gasteiger charge is 2.19. The molecule has 0 aliphatic rings. The Hall–Kier alpha value is -2.62. The van der Waals surface area contributed by atoms with Gasteiger partial charge in [0.05, 0.1) is 5.69 Å². The van der Waals surface area contributed by atoms with Gasteiger partial charge in [-0.2, -0.15) is 0 Å². The third kappa shape index (κ3) is 6.79. The van der Waals surface area contributed by atoms with Crippen LogP contribution in [-0.4, -0.2) is 36.4 Å². The van der Waals surface area contributed by atoms with Crippen molar-refractivity contribution in [1.29, 1.82) is 0 Å². The first-order valence-corrected chi connectivity index (χ1v) is 8.46. The maximum Gasteiger partial charge on any atom is 0.410 e. The number of carbonyl (C=O) groups excluding carboxylic acids is 1. The molecule has 0 aromatic heterocycles. The second kappa shape index (κ2) is 8.47. The maximum absolute atomic E-state index is 11.9. The topological polar surface area (TPSA) is 41.9 Å². The molecule has 0 spiro atoms. The molecular formula is C21H26N2O2. The van der Waals surface area contributed by atoms with Gasteiger partial charge in [0.25, 0.3) is 0 Å². The summed E-state index contributed by atoms with van der Waals surface area (Å²) in [5.74, 6) is 0. The number of rotatable bonds is 5. The Morgan fingerprint density at radius 2 is 1.72 bits per heavy atom. The molecule has 4 nitrogen and oxygen atoms in total. The SMILES string of the molecule is CN(CCc1ccc(N=Cc2ccccc2)cc1)C(=O)OC(C)(C)C. The fourth-order valence-electron chi connectivity index (χ4n) is 2.16. The highest BCUT2D eigenvalue weighted by Crippen LogP contribution is 2.14. The molecule has 0 unspecified atom stereocenters. The van der Waals surface area contributed by atoms with Crippen molar-refractivity contribution in [3.05, 3.63) is 65.7 Å². The van der Waals surface area contributed by atoms with Crippen LogP contribution in [0.5, 0.6) is 0 Å². The first-order valence-electron chi connectivity index (χ1n) is 8.46. The number of hydrogen-bond donors (Lipinski definition) is 0. The second-order valence-corrected chi connectivity index (χ2v) is 6.99. The molecule has 4 heteroatoms. The lowest BCUT2D eigenvalue weighted by atomic mass is 10.1. The molecule has 25 heavy (non-hydrogen) atoms. The molecule has 2 aromatic carbocycles. The molecule has 0 fully saturated rings. The average Bonchev–Trinajstić information content (AvgIpc) is 2.58. The number of nitrogens with zero attached hydrogens (tertiary/aromatic N) is 2. The smallest absolute Gasteiger partial charge is 0.410 e. The summed E-state index contributed by atoms with van der Waals surface area (Å²) in [7, 11) is 1.76. The van der Waals surface area contributed by atoms with Crippen molar-refractivity contribution >= 4 is 18.0 Å². The number of ether oxygens (including phenoxy) is 1. The molecule has 0 radical (unpaired) electrons. The van der Waals surface area contributed by atoms with Crippen LogP contribution < -0.4 is 0 Å². The van der Waals surface area contributed by atoms with Crippen molar-refractivity contribution in [1.82, 2.24) is 4.90 Å². The van der Waals surface area contributed by atoms with Gasteiger partial charge in [-0.1, -0.05) is 42.5 Å². The predicted octanol–water partition coefficient (Wildman–Crippen LogP) is 4.85. The number of hydrogen-bond acceptors (Lipinski definition) is 3. The summed E-state index contributed by atoms with van der Waals surface area (Å²) in [5.41, 5.74) is 2.68. The van der Waals surface area contributed by atoms with E-state index in [0.717, 1.165) is 23.2 Å². The number of aliphatic imine (C=N–C) groups is 1. The van der Waals surface area contributed by atoms with Crippen LogP contribution in [0.4, 0.5) is 10.5 Å². The van der Waals surface area contributed by atoms with E-state index in [1.165, 1.54) is 0 Å². The van der Waals surface area contributed by atoms with E-state index in [1.54, 1.807) is 11.9 Å². The first kappa shape index (κ1) is 18.7. The van der Waals surface area contributed by atoms with Crippen LogP contribution in [0.2, 0.25) is 0 Å². The van der Waals surface area contributed by atoms with E-state index in [9.17, 15) is 4.79 Å². The molecule has 1 amide bonds. The van der Waals surface area contributed by atoms with E-state index in [0.29, 0.717) is 6.54 Å². The van der Waals surface area contributed by atoms with Gasteiger partial charge in [-0.3, -0.25) is 4.99 Å². The summed E-state index contributed by atoms with van der Waals surface area (Å²) in [4.78, 5) is 18.0. The van der Waals surface area contributed by atoms with Crippen molar-refractivity contribution < 1.29 is 9.53 Å². The molecule has 2 rings (SSSR count). The molecule has 0 aliphatic carbocycles. The lowest BCUT2D eigenvalue weighted by Gasteiger charge is -2.24. The summed E-state index contributed by atoms with van der Waals surface area (Å²) in [6.07, 6.45) is 2.33. The molecule has 0 N–H and O–H groups in total. The predicted molar refractivity (Wildman–Crippen MR) is 103 cm³/mol. The van der Waals surface area contributed by atoms with Crippen LogP contribution >= 0.6 is 0 Å². The minimum atomic E-state index is -0.469. The van der Waals surface area contributed by atoms with Crippen LogP contribution in [0.25, 0.3) is 0 Å². The van der Waals surface area contributed by atoms with Crippen LogP contribution in [-0.2, 0) is 11.2 Å². The van der Waals surface area contributed by atoms with Crippen LogP contribution in [0.1, 0.15) is 31.9 Å². The Kier molecular flexibility index (Phi) is 6.34. The van der Waals surface area contributed by atoms with Gasteiger partial charge in [0, 0.05) is 19.8 Å². The number of likely N-dealkylation sites (N-methyl/N-ethyl adjacent to an activating group) is 1. The summed E-state index contributed by atoms with van der Waals surface area (Å²) in [6.45, 7) is 6.22. The van der Waals surface area contributed by atoms with E-state index in [4.69, 9.17) is 4.74 Å². The van der Waals surface area contributed by atoms with E-state index in [2.05, 4.69) is 4.99 Å². The molecule has 132 valence electrons. The van der Waals surface area contributed by atoms with Gasteiger partial charge < -0.3 is 9.64 Å². The largest absolute Gasteiger partial charge is 0.444 e. The Morgan fingerprint density at radius 3 is 2.32 bits per heavy atom. The number of carbonyl (C=O) groups is 1. The molecule has 0 saturated carbocycles. The summed E-state index contributed by atoms with van der Waals surface area (Å²) >= 11 is 0. The minimum Gasteiger partial charge on any atom is -0.444 e. The van der Waals surface area contributed by atoms with E-state index >= 15 is 0 Å². The van der Waals surface area contributed by atoms with Gasteiger partial charge >= 0.3 is 6.09 Å². The monoisotopic (exact) mass is 338 g/mol. The Morgan fingerprint density at radius 1 is 1.08 bits per heavy atom. The zero-order valence-electron chi connectivity index (χ0n) is 15.4. The average molecular weight is 338 g/mol. The normalized spacial score (nSPS) is 11.5. The standard InChI is InChI=1S/C21H26N2O2/c1-21(2,3)25-20(24)23(4)15-14-17-10-12-19(13-11-17)22-16-18-8-6-5-7-9-18/h5-13,16H,14-15H2,1-4H3. The van der Waals surface area contributed by atoms with Crippen molar-refractivity contribution in [3.63, 3.8) is 0 Å². The van der Waals surface area contributed by atoms with Crippen LogP contribution in [0.3, 0.4) is 0 Å². The van der Waals surface area contributed by atoms with Crippen LogP contribution in [0, 0.1) is 0 Å². The lowest BCUT2D eigenvalue weighted by molar-refractivity contribution is 0.0301. The molecule has 0 aliphatic heterocycles. The van der Waals surface area contributed by atoms with E-state index < -0.39 is 5.60 Å². The molecule has 2 aromatic rings. The minimum absolute atomic E-state index is 0.295. The van der Waals surface area contributed by atoms with Crippen molar-refractivity contribution in [2.45, 2.75) is 32.8 Å². The van der Waals surface area contributed by atoms with Crippen molar-refractivity contribution in [3.8, 4) is 0 Å². The third-order valence-corrected chi connectivity index (χ3v) is 3.54. The summed E-state index contributed by atoms with van der Waals surface area (Å²) in [5, 5.41) is 0. The molecule has 0 saturated heterocycles. The first-order chi connectivity index (χ1) is 11.8. The highest BCUT2D eigenvalue weighted by molar-refractivity contribution is 5.81. The van der Waals surface area contributed by atoms with Gasteiger partial charge in [-0.05, 0) is 50.5 Å². The molecule has 0 atom stereocenters. The van der Waals surface area contributed by atoms with Gasteiger partial charge in [-0.15, -0.1) is 0 Å². The Balaban J connectivity index is 1.86. The molecule has 0 heterocycles. The van der Waals surface area contributed by atoms with E-state index in [-0.39, 0.29) is 6.09 Å². The fourth-order valence-corrected chi connectivity index (χ4v) is 2.16. The van der Waals surface area contributed by atoms with Gasteiger partial charge in [-0.25, -0.2) is 4.79 Å². The fraction of sp³-hybridized carbons (Fsp3) is 0.333. The van der Waals surface area contributed by atoms with Gasteiger partial charge in [0.1, 0.15) is 5.60 Å². The maximum atomic E-state index is 11.9. The van der Waals surface area contributed by atoms with E-state index in [1.807, 2.05) is 81.6 Å². The quantitative estimate of drug-likeness (QED) is 0.732. The van der Waals surface area contributed by atoms with Crippen molar-refractivity contribution in [2.75, 3.05) is 13.6 Å². The summed E-state index contributed by atoms with van der Waals surface area (Å²) < 4.78 is 5.35. The second-order valence-electron chi connectivity index (χ2n) is 6.99. The Labute approximate surface area is 150 Å². The Bertz CT molecular complexity index is 701. The highest BCUT2D eigenvalue weighted by atomic mass is 16.6. The third-order valence-electron chi connectivity index (χ3n) is 3.54. The zero-order valence-corrected chi connectivity index (χ0v) is 15.4. The lowest BCUT2D eigenvalue weighted by Crippen LogP contribution is -2.35.